The van der Waals surface area contributed by atoms with Crippen LogP contribution in [0.25, 0.3) is 0 Å². The van der Waals surface area contributed by atoms with E-state index in [1.807, 2.05) is 0 Å². The molecule has 2 aromatic carbocycles. The highest BCUT2D eigenvalue weighted by Gasteiger charge is 2.12. The van der Waals surface area contributed by atoms with Gasteiger partial charge in [0.25, 0.3) is 5.91 Å². The average Bonchev–Trinajstić information content (AvgIpc) is 2.36. The molecule has 0 heterocycles. The Balaban J connectivity index is 2.27. The van der Waals surface area contributed by atoms with E-state index in [-0.39, 0.29) is 16.3 Å². The number of phenolic OH excluding ortho intramolecular Hbond substituents is 1. The number of anilines is 1. The molecule has 0 spiro atoms. The number of aromatic hydroxyl groups is 1. The lowest BCUT2D eigenvalue weighted by Crippen LogP contribution is -2.13. The van der Waals surface area contributed by atoms with E-state index in [2.05, 4.69) is 5.32 Å². The Bertz CT molecular complexity index is 647. The summed E-state index contributed by atoms with van der Waals surface area (Å²) in [7, 11) is 0. The maximum atomic E-state index is 13.5. The van der Waals surface area contributed by atoms with Crippen LogP contribution < -0.4 is 5.32 Å². The zero-order valence-electron chi connectivity index (χ0n) is 9.45. The van der Waals surface area contributed by atoms with Crippen LogP contribution in [0.2, 0.25) is 5.02 Å². The molecule has 0 atom stereocenters. The Labute approximate surface area is 112 Å². The van der Waals surface area contributed by atoms with E-state index in [0.717, 1.165) is 18.2 Å². The van der Waals surface area contributed by atoms with Crippen LogP contribution in [0.15, 0.2) is 36.4 Å². The Hall–Kier alpha value is -2.14. The van der Waals surface area contributed by atoms with Gasteiger partial charge in [-0.1, -0.05) is 17.7 Å². The van der Waals surface area contributed by atoms with E-state index in [1.54, 1.807) is 0 Å². The van der Waals surface area contributed by atoms with Gasteiger partial charge < -0.3 is 10.4 Å². The lowest BCUT2D eigenvalue weighted by molar-refractivity contribution is 0.102. The van der Waals surface area contributed by atoms with Crippen LogP contribution in [-0.2, 0) is 0 Å². The number of hydrogen-bond acceptors (Lipinski definition) is 2. The number of benzene rings is 2. The van der Waals surface area contributed by atoms with Crippen molar-refractivity contribution < 1.29 is 18.7 Å². The van der Waals surface area contributed by atoms with E-state index in [1.165, 1.54) is 18.2 Å². The molecule has 0 radical (unpaired) electrons. The first-order valence-corrected chi connectivity index (χ1v) is 5.60. The van der Waals surface area contributed by atoms with Crippen molar-refractivity contribution in [3.8, 4) is 5.75 Å². The third-order valence-electron chi connectivity index (χ3n) is 2.37. The lowest BCUT2D eigenvalue weighted by atomic mass is 10.2. The van der Waals surface area contributed by atoms with Crippen LogP contribution in [0.5, 0.6) is 5.75 Å². The van der Waals surface area contributed by atoms with Crippen molar-refractivity contribution >= 4 is 23.2 Å². The minimum atomic E-state index is -0.841. The average molecular weight is 284 g/mol. The van der Waals surface area contributed by atoms with Crippen molar-refractivity contribution in [1.29, 1.82) is 0 Å². The van der Waals surface area contributed by atoms with Crippen molar-refractivity contribution in [2.45, 2.75) is 0 Å². The fourth-order valence-corrected chi connectivity index (χ4v) is 1.62. The number of nitrogens with one attached hydrogen (secondary N) is 1. The summed E-state index contributed by atoms with van der Waals surface area (Å²) in [5, 5.41) is 11.3. The first-order valence-electron chi connectivity index (χ1n) is 5.22. The van der Waals surface area contributed by atoms with Crippen molar-refractivity contribution in [2.75, 3.05) is 5.32 Å². The lowest BCUT2D eigenvalue weighted by Gasteiger charge is -2.08. The van der Waals surface area contributed by atoms with Gasteiger partial charge in [-0.2, -0.15) is 0 Å². The minimum absolute atomic E-state index is 0.0450. The fourth-order valence-electron chi connectivity index (χ4n) is 1.46. The molecule has 1 amide bonds. The van der Waals surface area contributed by atoms with E-state index in [0.29, 0.717) is 0 Å². The van der Waals surface area contributed by atoms with Gasteiger partial charge in [0.1, 0.15) is 11.6 Å². The van der Waals surface area contributed by atoms with Gasteiger partial charge in [-0.15, -0.1) is 0 Å². The van der Waals surface area contributed by atoms with E-state index in [4.69, 9.17) is 11.6 Å². The van der Waals surface area contributed by atoms with Crippen LogP contribution in [0, 0.1) is 11.6 Å². The molecule has 0 aromatic heterocycles. The first-order chi connectivity index (χ1) is 8.97. The number of hydrogen-bond donors (Lipinski definition) is 2. The quantitative estimate of drug-likeness (QED) is 0.828. The summed E-state index contributed by atoms with van der Waals surface area (Å²) in [5.74, 6) is -2.52. The highest BCUT2D eigenvalue weighted by atomic mass is 35.5. The monoisotopic (exact) mass is 283 g/mol. The molecule has 3 nitrogen and oxygen atoms in total. The van der Waals surface area contributed by atoms with Crippen LogP contribution >= 0.6 is 11.6 Å². The summed E-state index contributed by atoms with van der Waals surface area (Å²) < 4.78 is 26.4. The number of phenols is 1. The van der Waals surface area contributed by atoms with Gasteiger partial charge in [0.15, 0.2) is 5.82 Å². The summed E-state index contributed by atoms with van der Waals surface area (Å²) in [6.45, 7) is 0. The van der Waals surface area contributed by atoms with Crippen molar-refractivity contribution in [2.24, 2.45) is 0 Å². The molecule has 0 saturated carbocycles. The smallest absolute Gasteiger partial charge is 0.255 e. The molecule has 6 heteroatoms. The fraction of sp³-hybridized carbons (Fsp3) is 0. The molecule has 0 fully saturated rings. The van der Waals surface area contributed by atoms with Crippen LogP contribution in [0.4, 0.5) is 14.5 Å². The standard InChI is InChI=1S/C13H8ClF2NO2/c14-9-5-11(10(16)6-12(9)18)17-13(19)7-2-1-3-8(15)4-7/h1-6,18H,(H,17,19). The second kappa shape index (κ2) is 5.24. The Kier molecular flexibility index (Phi) is 3.66. The Morgan fingerprint density at radius 2 is 1.95 bits per heavy atom. The molecule has 2 aromatic rings. The molecule has 0 aliphatic carbocycles. The molecule has 98 valence electrons. The Morgan fingerprint density at radius 3 is 2.63 bits per heavy atom. The molecule has 0 bridgehead atoms. The second-order valence-corrected chi connectivity index (χ2v) is 4.16. The molecule has 0 unspecified atom stereocenters. The Morgan fingerprint density at radius 1 is 1.21 bits per heavy atom. The van der Waals surface area contributed by atoms with Crippen LogP contribution in [0.3, 0.4) is 0 Å². The summed E-state index contributed by atoms with van der Waals surface area (Å²) in [5.41, 5.74) is -0.152. The number of carbonyl (C=O) groups excluding carboxylic acids is 1. The second-order valence-electron chi connectivity index (χ2n) is 3.75. The SMILES string of the molecule is O=C(Nc1cc(Cl)c(O)cc1F)c1cccc(F)c1. The van der Waals surface area contributed by atoms with Gasteiger partial charge in [0.2, 0.25) is 0 Å². The van der Waals surface area contributed by atoms with Crippen molar-refractivity contribution in [3.05, 3.63) is 58.6 Å². The third kappa shape index (κ3) is 3.00. The highest BCUT2D eigenvalue weighted by molar-refractivity contribution is 6.32. The van der Waals surface area contributed by atoms with Gasteiger partial charge in [-0.3, -0.25) is 4.79 Å². The van der Waals surface area contributed by atoms with Gasteiger partial charge in [-0.05, 0) is 24.3 Å². The summed E-state index contributed by atoms with van der Waals surface area (Å²) in [6, 6.07) is 6.82. The predicted molar refractivity (Wildman–Crippen MR) is 67.4 cm³/mol. The first kappa shape index (κ1) is 13.3. The maximum Gasteiger partial charge on any atom is 0.255 e. The molecule has 2 rings (SSSR count). The zero-order chi connectivity index (χ0) is 14.0. The predicted octanol–water partition coefficient (Wildman–Crippen LogP) is 3.58. The summed E-state index contributed by atoms with van der Waals surface area (Å²) >= 11 is 5.61. The number of amides is 1. The van der Waals surface area contributed by atoms with Gasteiger partial charge in [0.05, 0.1) is 10.7 Å². The minimum Gasteiger partial charge on any atom is -0.506 e. The van der Waals surface area contributed by atoms with Crippen molar-refractivity contribution in [3.63, 3.8) is 0 Å². The number of halogens is 3. The molecular formula is C13H8ClF2NO2. The topological polar surface area (TPSA) is 49.3 Å². The maximum absolute atomic E-state index is 13.5. The molecule has 0 aliphatic rings. The molecule has 19 heavy (non-hydrogen) atoms. The third-order valence-corrected chi connectivity index (χ3v) is 2.67. The van der Waals surface area contributed by atoms with E-state index >= 15 is 0 Å². The van der Waals surface area contributed by atoms with E-state index < -0.39 is 23.3 Å². The van der Waals surface area contributed by atoms with Gasteiger partial charge in [0, 0.05) is 11.6 Å². The van der Waals surface area contributed by atoms with Gasteiger partial charge >= 0.3 is 0 Å². The molecular weight excluding hydrogens is 276 g/mol. The van der Waals surface area contributed by atoms with Crippen LogP contribution in [0.1, 0.15) is 10.4 Å². The zero-order valence-corrected chi connectivity index (χ0v) is 10.2. The molecule has 0 aliphatic heterocycles. The summed E-state index contributed by atoms with van der Waals surface area (Å²) in [4.78, 5) is 11.8. The molecule has 2 N–H and O–H groups in total. The largest absolute Gasteiger partial charge is 0.506 e. The highest BCUT2D eigenvalue weighted by Crippen LogP contribution is 2.29. The number of rotatable bonds is 2. The van der Waals surface area contributed by atoms with E-state index in [9.17, 15) is 18.7 Å². The molecule has 0 saturated heterocycles. The van der Waals surface area contributed by atoms with Crippen LogP contribution in [-0.4, -0.2) is 11.0 Å². The van der Waals surface area contributed by atoms with Crippen molar-refractivity contribution in [1.82, 2.24) is 0 Å². The number of carbonyl (C=O) groups is 1. The summed E-state index contributed by atoms with van der Waals surface area (Å²) in [6.07, 6.45) is 0. The normalized spacial score (nSPS) is 10.3. The van der Waals surface area contributed by atoms with Gasteiger partial charge in [-0.25, -0.2) is 8.78 Å².